The van der Waals surface area contributed by atoms with Gasteiger partial charge < -0.3 is 5.32 Å². The van der Waals surface area contributed by atoms with Crippen molar-refractivity contribution in [1.29, 1.82) is 0 Å². The minimum absolute atomic E-state index is 0.184. The number of nitrogens with zero attached hydrogens (tertiary/aromatic N) is 1. The highest BCUT2D eigenvalue weighted by Gasteiger charge is 2.19. The molecule has 17 heavy (non-hydrogen) atoms. The molecule has 0 aromatic rings. The third-order valence-electron chi connectivity index (χ3n) is 2.39. The molecule has 0 amide bonds. The Morgan fingerprint density at radius 3 is 2.53 bits per heavy atom. The summed E-state index contributed by atoms with van der Waals surface area (Å²) < 4.78 is 25.3. The van der Waals surface area contributed by atoms with E-state index in [0.717, 1.165) is 25.9 Å². The average molecular weight is 260 g/mol. The Morgan fingerprint density at radius 2 is 2.00 bits per heavy atom. The van der Waals surface area contributed by atoms with Crippen molar-refractivity contribution < 1.29 is 8.42 Å². The predicted molar refractivity (Wildman–Crippen MR) is 72.3 cm³/mol. The minimum atomic E-state index is -3.17. The molecule has 0 aliphatic carbocycles. The Hall–Kier alpha value is -0.570. The lowest BCUT2D eigenvalue weighted by Gasteiger charge is -2.18. The third kappa shape index (κ3) is 7.37. The molecule has 0 aliphatic rings. The second-order valence-electron chi connectivity index (χ2n) is 3.91. The zero-order valence-electron chi connectivity index (χ0n) is 10.9. The highest BCUT2D eigenvalue weighted by molar-refractivity contribution is 7.89. The van der Waals surface area contributed by atoms with Gasteiger partial charge in [-0.15, -0.1) is 6.42 Å². The zero-order chi connectivity index (χ0) is 13.1. The summed E-state index contributed by atoms with van der Waals surface area (Å²) in [6, 6.07) is 0. The first-order valence-electron chi connectivity index (χ1n) is 6.20. The van der Waals surface area contributed by atoms with E-state index in [9.17, 15) is 8.42 Å². The van der Waals surface area contributed by atoms with Gasteiger partial charge in [0.1, 0.15) is 0 Å². The van der Waals surface area contributed by atoms with Crippen molar-refractivity contribution in [2.24, 2.45) is 0 Å². The van der Waals surface area contributed by atoms with Crippen LogP contribution in [0.25, 0.3) is 0 Å². The standard InChI is InChI=1S/C12H24N2O2S/c1-4-10-14(11-5-2)17(15,16)12-8-7-9-13-6-3/h1,13H,5-12H2,2-3H3. The van der Waals surface area contributed by atoms with Gasteiger partial charge in [-0.3, -0.25) is 0 Å². The molecule has 0 aliphatic heterocycles. The van der Waals surface area contributed by atoms with Gasteiger partial charge in [0.15, 0.2) is 0 Å². The van der Waals surface area contributed by atoms with Crippen molar-refractivity contribution in [3.8, 4) is 12.3 Å². The number of terminal acetylenes is 1. The Bertz CT molecular complexity index is 320. The maximum absolute atomic E-state index is 12.0. The van der Waals surface area contributed by atoms with Crippen molar-refractivity contribution in [3.63, 3.8) is 0 Å². The quantitative estimate of drug-likeness (QED) is 0.472. The van der Waals surface area contributed by atoms with Crippen LogP contribution in [0.2, 0.25) is 0 Å². The van der Waals surface area contributed by atoms with Gasteiger partial charge in [-0.25, -0.2) is 8.42 Å². The number of rotatable bonds is 10. The van der Waals surface area contributed by atoms with Gasteiger partial charge >= 0.3 is 0 Å². The van der Waals surface area contributed by atoms with Gasteiger partial charge in [0.05, 0.1) is 12.3 Å². The normalized spacial score (nSPS) is 11.6. The lowest BCUT2D eigenvalue weighted by molar-refractivity contribution is 0.443. The summed E-state index contributed by atoms with van der Waals surface area (Å²) in [6.45, 7) is 6.47. The summed E-state index contributed by atoms with van der Waals surface area (Å²) >= 11 is 0. The van der Waals surface area contributed by atoms with E-state index in [-0.39, 0.29) is 12.3 Å². The maximum atomic E-state index is 12.0. The fraction of sp³-hybridized carbons (Fsp3) is 0.833. The summed E-state index contributed by atoms with van der Waals surface area (Å²) in [4.78, 5) is 0. The van der Waals surface area contributed by atoms with Crippen LogP contribution in [-0.4, -0.2) is 44.7 Å². The van der Waals surface area contributed by atoms with Crippen LogP contribution in [0.5, 0.6) is 0 Å². The number of nitrogens with one attached hydrogen (secondary N) is 1. The number of hydrogen-bond acceptors (Lipinski definition) is 3. The average Bonchev–Trinajstić information content (AvgIpc) is 2.28. The molecule has 0 heterocycles. The van der Waals surface area contributed by atoms with E-state index in [4.69, 9.17) is 6.42 Å². The van der Waals surface area contributed by atoms with Gasteiger partial charge in [-0.2, -0.15) is 4.31 Å². The van der Waals surface area contributed by atoms with Gasteiger partial charge in [0.25, 0.3) is 0 Å². The molecule has 5 heteroatoms. The molecule has 0 atom stereocenters. The van der Waals surface area contributed by atoms with Crippen LogP contribution in [0, 0.1) is 12.3 Å². The Morgan fingerprint density at radius 1 is 1.29 bits per heavy atom. The third-order valence-corrected chi connectivity index (χ3v) is 4.29. The molecule has 100 valence electrons. The van der Waals surface area contributed by atoms with Crippen molar-refractivity contribution in [3.05, 3.63) is 0 Å². The van der Waals surface area contributed by atoms with Crippen LogP contribution in [0.4, 0.5) is 0 Å². The van der Waals surface area contributed by atoms with Crippen molar-refractivity contribution in [2.45, 2.75) is 33.1 Å². The van der Waals surface area contributed by atoms with E-state index in [0.29, 0.717) is 13.0 Å². The van der Waals surface area contributed by atoms with E-state index < -0.39 is 10.0 Å². The van der Waals surface area contributed by atoms with Crippen LogP contribution < -0.4 is 5.32 Å². The minimum Gasteiger partial charge on any atom is -0.317 e. The van der Waals surface area contributed by atoms with E-state index in [2.05, 4.69) is 11.2 Å². The van der Waals surface area contributed by atoms with Crippen molar-refractivity contribution in [1.82, 2.24) is 9.62 Å². The molecule has 4 nitrogen and oxygen atoms in total. The summed E-state index contributed by atoms with van der Waals surface area (Å²) in [5.74, 6) is 2.60. The summed E-state index contributed by atoms with van der Waals surface area (Å²) in [6.07, 6.45) is 7.53. The van der Waals surface area contributed by atoms with Crippen molar-refractivity contribution >= 4 is 10.0 Å². The second kappa shape index (κ2) is 9.46. The largest absolute Gasteiger partial charge is 0.317 e. The molecule has 0 saturated carbocycles. The van der Waals surface area contributed by atoms with Crippen LogP contribution in [0.3, 0.4) is 0 Å². The number of hydrogen-bond donors (Lipinski definition) is 1. The predicted octanol–water partition coefficient (Wildman–Crippen LogP) is 1.05. The molecular formula is C12H24N2O2S. The monoisotopic (exact) mass is 260 g/mol. The Kier molecular flexibility index (Phi) is 9.14. The van der Waals surface area contributed by atoms with Crippen molar-refractivity contribution in [2.75, 3.05) is 31.9 Å². The fourth-order valence-electron chi connectivity index (χ4n) is 1.51. The van der Waals surface area contributed by atoms with E-state index in [1.54, 1.807) is 0 Å². The molecule has 0 radical (unpaired) electrons. The van der Waals surface area contributed by atoms with Crippen LogP contribution >= 0.6 is 0 Å². The molecule has 0 saturated heterocycles. The molecule has 0 spiro atoms. The smallest absolute Gasteiger partial charge is 0.214 e. The molecule has 0 rings (SSSR count). The van der Waals surface area contributed by atoms with Gasteiger partial charge in [0.2, 0.25) is 10.0 Å². The highest BCUT2D eigenvalue weighted by Crippen LogP contribution is 2.05. The molecule has 1 N–H and O–H groups in total. The van der Waals surface area contributed by atoms with E-state index in [1.807, 2.05) is 13.8 Å². The first kappa shape index (κ1) is 16.4. The lowest BCUT2D eigenvalue weighted by atomic mass is 10.3. The SMILES string of the molecule is C#CCN(CCC)S(=O)(=O)CCCCNCC. The summed E-state index contributed by atoms with van der Waals surface area (Å²) in [5.41, 5.74) is 0. The zero-order valence-corrected chi connectivity index (χ0v) is 11.7. The molecule has 0 fully saturated rings. The molecule has 0 aromatic heterocycles. The van der Waals surface area contributed by atoms with E-state index >= 15 is 0 Å². The summed E-state index contributed by atoms with van der Waals surface area (Å²) in [7, 11) is -3.17. The first-order valence-corrected chi connectivity index (χ1v) is 7.81. The topological polar surface area (TPSA) is 49.4 Å². The molecule has 0 bridgehead atoms. The fourth-order valence-corrected chi connectivity index (χ4v) is 3.07. The second-order valence-corrected chi connectivity index (χ2v) is 6.00. The van der Waals surface area contributed by atoms with Gasteiger partial charge in [-0.1, -0.05) is 19.8 Å². The molecular weight excluding hydrogens is 236 g/mol. The van der Waals surface area contributed by atoms with E-state index in [1.165, 1.54) is 4.31 Å². The van der Waals surface area contributed by atoms with Gasteiger partial charge in [-0.05, 0) is 32.4 Å². The lowest BCUT2D eigenvalue weighted by Crippen LogP contribution is -2.34. The molecule has 0 unspecified atom stereocenters. The maximum Gasteiger partial charge on any atom is 0.214 e. The summed E-state index contributed by atoms with van der Waals surface area (Å²) in [5, 5.41) is 3.17. The highest BCUT2D eigenvalue weighted by atomic mass is 32.2. The Labute approximate surface area is 106 Å². The van der Waals surface area contributed by atoms with Gasteiger partial charge in [0, 0.05) is 6.54 Å². The first-order chi connectivity index (χ1) is 8.08. The number of unbranched alkanes of at least 4 members (excludes halogenated alkanes) is 1. The molecule has 0 aromatic carbocycles. The van der Waals surface area contributed by atoms with Crippen LogP contribution in [0.1, 0.15) is 33.1 Å². The number of sulfonamides is 1. The Balaban J connectivity index is 4.10. The van der Waals surface area contributed by atoms with Crippen LogP contribution in [-0.2, 0) is 10.0 Å². The van der Waals surface area contributed by atoms with Crippen LogP contribution in [0.15, 0.2) is 0 Å².